The van der Waals surface area contributed by atoms with Crippen LogP contribution in [0.5, 0.6) is 11.5 Å². The number of aliphatic carboxylic acids is 1. The molecule has 0 bridgehead atoms. The molecule has 0 unspecified atom stereocenters. The van der Waals surface area contributed by atoms with Crippen molar-refractivity contribution >= 4 is 46.9 Å². The lowest BCUT2D eigenvalue weighted by atomic mass is 9.49. The van der Waals surface area contributed by atoms with Gasteiger partial charge < -0.3 is 14.9 Å². The molecule has 11 heteroatoms. The number of allylic oxidation sites excluding steroid dienone is 2. The Morgan fingerprint density at radius 3 is 2.40 bits per heavy atom. The fourth-order valence-corrected chi connectivity index (χ4v) is 8.68. The third-order valence-electron chi connectivity index (χ3n) is 10.3. The lowest BCUT2D eigenvalue weighted by molar-refractivity contribution is -0.142. The summed E-state index contributed by atoms with van der Waals surface area (Å²) < 4.78 is 5.31. The van der Waals surface area contributed by atoms with Crippen LogP contribution in [0.4, 0.5) is 5.69 Å². The van der Waals surface area contributed by atoms with Gasteiger partial charge in [-0.05, 0) is 60.2 Å². The lowest BCUT2D eigenvalue weighted by Crippen LogP contribution is -2.53. The van der Waals surface area contributed by atoms with Crippen LogP contribution >= 0.6 is 11.6 Å². The number of benzene rings is 3. The fraction of sp³-hybridized carbons (Fsp3) is 0.306. The Hall–Kier alpha value is -4.96. The van der Waals surface area contributed by atoms with Crippen molar-refractivity contribution in [3.63, 3.8) is 0 Å². The summed E-state index contributed by atoms with van der Waals surface area (Å²) in [4.78, 5) is 70.9. The number of carbonyl (C=O) groups is 5. The SMILES string of the molecule is COc1ccc([C@H]2C3=CC[C@@H]4C(=O)N(CCC(=O)O)C(=O)[C@@H]4[C@@H]3C[C@H]3C(=O)N(c4cccc(Cl)c4)C(=O)[C@@]23c2ccccc2)cc1O. The highest BCUT2D eigenvalue weighted by molar-refractivity contribution is 6.32. The van der Waals surface area contributed by atoms with Crippen LogP contribution in [-0.4, -0.2) is 58.4 Å². The molecule has 1 saturated carbocycles. The average molecular weight is 655 g/mol. The van der Waals surface area contributed by atoms with Crippen molar-refractivity contribution in [2.75, 3.05) is 18.6 Å². The number of ether oxygens (including phenoxy) is 1. The van der Waals surface area contributed by atoms with Gasteiger partial charge in [0.2, 0.25) is 23.6 Å². The quantitative estimate of drug-likeness (QED) is 0.276. The molecule has 0 radical (unpaired) electrons. The largest absolute Gasteiger partial charge is 0.504 e. The number of carboxylic acid groups (broad SMARTS) is 1. The number of likely N-dealkylation sites (tertiary alicyclic amines) is 1. The van der Waals surface area contributed by atoms with Gasteiger partial charge in [-0.25, -0.2) is 4.90 Å². The molecule has 240 valence electrons. The van der Waals surface area contributed by atoms with Gasteiger partial charge in [0, 0.05) is 17.5 Å². The highest BCUT2D eigenvalue weighted by Gasteiger charge is 2.70. The van der Waals surface area contributed by atoms with Crippen LogP contribution in [0.2, 0.25) is 5.02 Å². The third kappa shape index (κ3) is 4.49. The zero-order valence-electron chi connectivity index (χ0n) is 25.3. The predicted molar refractivity (Wildman–Crippen MR) is 170 cm³/mol. The molecule has 2 aliphatic carbocycles. The molecule has 7 rings (SSSR count). The zero-order valence-corrected chi connectivity index (χ0v) is 26.1. The number of hydrogen-bond acceptors (Lipinski definition) is 7. The van der Waals surface area contributed by atoms with Gasteiger partial charge >= 0.3 is 5.97 Å². The van der Waals surface area contributed by atoms with Gasteiger partial charge in [0.25, 0.3) is 0 Å². The summed E-state index contributed by atoms with van der Waals surface area (Å²) >= 11 is 6.33. The lowest BCUT2D eigenvalue weighted by Gasteiger charge is -2.50. The average Bonchev–Trinajstić information content (AvgIpc) is 3.44. The van der Waals surface area contributed by atoms with Crippen LogP contribution in [0, 0.1) is 23.7 Å². The third-order valence-corrected chi connectivity index (χ3v) is 10.6. The zero-order chi connectivity index (χ0) is 33.2. The first-order valence-electron chi connectivity index (χ1n) is 15.4. The summed E-state index contributed by atoms with van der Waals surface area (Å²) in [6.07, 6.45) is 1.84. The molecule has 4 aliphatic rings. The van der Waals surface area contributed by atoms with E-state index in [1.54, 1.807) is 48.5 Å². The van der Waals surface area contributed by atoms with Crippen LogP contribution < -0.4 is 9.64 Å². The van der Waals surface area contributed by atoms with E-state index in [1.807, 2.05) is 24.3 Å². The monoisotopic (exact) mass is 654 g/mol. The van der Waals surface area contributed by atoms with Crippen LogP contribution in [0.3, 0.4) is 0 Å². The van der Waals surface area contributed by atoms with Crippen molar-refractivity contribution in [1.29, 1.82) is 0 Å². The topological polar surface area (TPSA) is 142 Å². The molecule has 2 N–H and O–H groups in total. The number of carbonyl (C=O) groups excluding carboxylic acids is 4. The second-order valence-corrected chi connectivity index (χ2v) is 12.9. The van der Waals surface area contributed by atoms with Gasteiger partial charge in [0.1, 0.15) is 0 Å². The Balaban J connectivity index is 1.46. The molecule has 2 saturated heterocycles. The molecule has 10 nitrogen and oxygen atoms in total. The van der Waals surface area contributed by atoms with E-state index in [0.717, 1.165) is 10.5 Å². The normalized spacial score (nSPS) is 28.1. The van der Waals surface area contributed by atoms with E-state index >= 15 is 4.79 Å². The molecule has 2 aliphatic heterocycles. The number of phenols is 1. The number of hydrogen-bond donors (Lipinski definition) is 2. The number of fused-ring (bicyclic) bond motifs is 4. The van der Waals surface area contributed by atoms with Crippen LogP contribution in [-0.2, 0) is 29.4 Å². The molecule has 0 spiro atoms. The highest BCUT2D eigenvalue weighted by Crippen LogP contribution is 2.64. The maximum absolute atomic E-state index is 15.2. The Kier molecular flexibility index (Phi) is 7.43. The first-order valence-corrected chi connectivity index (χ1v) is 15.8. The molecule has 3 aromatic rings. The van der Waals surface area contributed by atoms with E-state index in [9.17, 15) is 29.4 Å². The molecule has 2 heterocycles. The smallest absolute Gasteiger partial charge is 0.305 e. The maximum Gasteiger partial charge on any atom is 0.305 e. The fourth-order valence-electron chi connectivity index (χ4n) is 8.50. The molecule has 3 fully saturated rings. The number of rotatable bonds is 7. The molecular weight excluding hydrogens is 624 g/mol. The summed E-state index contributed by atoms with van der Waals surface area (Å²) in [7, 11) is 1.43. The van der Waals surface area contributed by atoms with Crippen LogP contribution in [0.15, 0.2) is 84.4 Å². The van der Waals surface area contributed by atoms with Crippen molar-refractivity contribution in [2.24, 2.45) is 23.7 Å². The molecular formula is C36H31ClN2O8. The first kappa shape index (κ1) is 30.7. The number of carboxylic acids is 1. The second-order valence-electron chi connectivity index (χ2n) is 12.5. The maximum atomic E-state index is 15.2. The van der Waals surface area contributed by atoms with E-state index < -0.39 is 64.6 Å². The van der Waals surface area contributed by atoms with Gasteiger partial charge in [-0.3, -0.25) is 28.9 Å². The van der Waals surface area contributed by atoms with Crippen molar-refractivity contribution in [3.8, 4) is 11.5 Å². The summed E-state index contributed by atoms with van der Waals surface area (Å²) in [5.74, 6) is -6.78. The Morgan fingerprint density at radius 1 is 0.957 bits per heavy atom. The van der Waals surface area contributed by atoms with Crippen LogP contribution in [0.1, 0.15) is 36.3 Å². The van der Waals surface area contributed by atoms with E-state index in [0.29, 0.717) is 21.8 Å². The highest BCUT2D eigenvalue weighted by atomic mass is 35.5. The summed E-state index contributed by atoms with van der Waals surface area (Å²) in [6.45, 7) is -0.241. The van der Waals surface area contributed by atoms with E-state index in [1.165, 1.54) is 18.1 Å². The summed E-state index contributed by atoms with van der Waals surface area (Å²) in [6, 6.07) is 20.5. The van der Waals surface area contributed by atoms with Gasteiger partial charge in [-0.2, -0.15) is 0 Å². The standard InChI is InChI=1S/C36H31ClN2O8/c1-47-28-13-10-19(16-27(28)40)31-23-11-12-24-30(34(45)38(32(24)43)15-14-29(41)42)25(23)18-26-33(44)39(22-9-5-8-21(37)17-22)35(46)36(26,31)20-6-3-2-4-7-20/h2-11,13,16-17,24-26,30-31,40H,12,14-15,18H2,1H3,(H,41,42)/t24-,25+,26-,30-,31-,36+/m0/s1. The van der Waals surface area contributed by atoms with Crippen molar-refractivity contribution in [3.05, 3.63) is 101 Å². The molecule has 47 heavy (non-hydrogen) atoms. The number of halogens is 1. The van der Waals surface area contributed by atoms with Gasteiger partial charge in [-0.15, -0.1) is 0 Å². The van der Waals surface area contributed by atoms with E-state index in [2.05, 4.69) is 0 Å². The Bertz CT molecular complexity index is 1880. The Morgan fingerprint density at radius 2 is 1.72 bits per heavy atom. The number of anilines is 1. The van der Waals surface area contributed by atoms with Crippen molar-refractivity contribution in [1.82, 2.24) is 4.90 Å². The minimum atomic E-state index is -1.48. The number of aromatic hydroxyl groups is 1. The summed E-state index contributed by atoms with van der Waals surface area (Å²) in [5, 5.41) is 20.6. The minimum absolute atomic E-state index is 0.105. The van der Waals surface area contributed by atoms with E-state index in [4.69, 9.17) is 16.3 Å². The number of imide groups is 2. The number of amides is 4. The van der Waals surface area contributed by atoms with Crippen molar-refractivity contribution in [2.45, 2.75) is 30.6 Å². The minimum Gasteiger partial charge on any atom is -0.504 e. The van der Waals surface area contributed by atoms with Crippen molar-refractivity contribution < 1.29 is 38.9 Å². The van der Waals surface area contributed by atoms with Gasteiger partial charge in [-0.1, -0.05) is 65.7 Å². The number of phenolic OH excluding ortho intramolecular Hbond substituents is 1. The second kappa shape index (κ2) is 11.4. The first-order chi connectivity index (χ1) is 22.6. The number of methoxy groups -OCH3 is 1. The number of nitrogens with zero attached hydrogens (tertiary/aromatic N) is 2. The molecule has 4 amide bonds. The molecule has 6 atom stereocenters. The molecule has 0 aromatic heterocycles. The predicted octanol–water partition coefficient (Wildman–Crippen LogP) is 4.69. The molecule has 3 aromatic carbocycles. The van der Waals surface area contributed by atoms with Crippen LogP contribution in [0.25, 0.3) is 0 Å². The summed E-state index contributed by atoms with van der Waals surface area (Å²) in [5.41, 5.74) is 0.708. The van der Waals surface area contributed by atoms with Gasteiger partial charge in [0.05, 0.1) is 42.4 Å². The van der Waals surface area contributed by atoms with Gasteiger partial charge in [0.15, 0.2) is 11.5 Å². The Labute approximate surface area is 275 Å². The van der Waals surface area contributed by atoms with E-state index in [-0.39, 0.29) is 37.3 Å².